The second-order valence-corrected chi connectivity index (χ2v) is 6.76. The number of halogens is 1. The van der Waals surface area contributed by atoms with Crippen LogP contribution in [0.2, 0.25) is 5.02 Å². The molecule has 0 atom stereocenters. The highest BCUT2D eigenvalue weighted by Gasteiger charge is 2.19. The van der Waals surface area contributed by atoms with Gasteiger partial charge in [0.25, 0.3) is 0 Å². The Morgan fingerprint density at radius 1 is 1.08 bits per heavy atom. The van der Waals surface area contributed by atoms with Gasteiger partial charge in [0.15, 0.2) is 0 Å². The number of hydrogen-bond acceptors (Lipinski definition) is 2. The molecule has 1 saturated heterocycles. The van der Waals surface area contributed by atoms with Gasteiger partial charge in [-0.3, -0.25) is 9.59 Å². The summed E-state index contributed by atoms with van der Waals surface area (Å²) in [5.41, 5.74) is 3.05. The fourth-order valence-electron chi connectivity index (χ4n) is 2.95. The number of nitrogens with one attached hydrogen (secondary N) is 1. The predicted octanol–water partition coefficient (Wildman–Crippen LogP) is 3.32. The number of rotatable bonds is 6. The van der Waals surface area contributed by atoms with Gasteiger partial charge in [0.2, 0.25) is 11.8 Å². The topological polar surface area (TPSA) is 49.4 Å². The summed E-state index contributed by atoms with van der Waals surface area (Å²) in [6, 6.07) is 15.4. The summed E-state index contributed by atoms with van der Waals surface area (Å²) in [7, 11) is 0. The van der Waals surface area contributed by atoms with E-state index in [2.05, 4.69) is 5.32 Å². The lowest BCUT2D eigenvalue weighted by Gasteiger charge is -2.15. The molecule has 25 heavy (non-hydrogen) atoms. The first-order chi connectivity index (χ1) is 12.1. The molecule has 1 aliphatic heterocycles. The Morgan fingerprint density at radius 3 is 2.52 bits per heavy atom. The van der Waals surface area contributed by atoms with E-state index in [4.69, 9.17) is 11.6 Å². The third kappa shape index (κ3) is 5.07. The van der Waals surface area contributed by atoms with Gasteiger partial charge >= 0.3 is 0 Å². The van der Waals surface area contributed by atoms with Gasteiger partial charge in [-0.05, 0) is 35.2 Å². The van der Waals surface area contributed by atoms with E-state index in [1.165, 1.54) is 0 Å². The maximum absolute atomic E-state index is 12.0. The molecular formula is C20H21ClN2O2. The predicted molar refractivity (Wildman–Crippen MR) is 98.1 cm³/mol. The molecule has 2 amide bonds. The van der Waals surface area contributed by atoms with Crippen molar-refractivity contribution in [1.82, 2.24) is 10.2 Å². The lowest BCUT2D eigenvalue weighted by Crippen LogP contribution is -2.25. The molecule has 1 heterocycles. The standard InChI is InChI=1S/C20H21ClN2O2/c21-18-4-1-3-17(11-18)12-19(24)22-13-15-6-8-16(9-7-15)14-23-10-2-5-20(23)25/h1,3-4,6-9,11H,2,5,10,12-14H2,(H,22,24). The Morgan fingerprint density at radius 2 is 1.84 bits per heavy atom. The zero-order chi connectivity index (χ0) is 17.6. The van der Waals surface area contributed by atoms with Gasteiger partial charge in [-0.2, -0.15) is 0 Å². The molecule has 0 aliphatic carbocycles. The van der Waals surface area contributed by atoms with Crippen LogP contribution in [0.15, 0.2) is 48.5 Å². The second-order valence-electron chi connectivity index (χ2n) is 6.32. The average Bonchev–Trinajstić information content (AvgIpc) is 2.99. The molecule has 3 rings (SSSR count). The van der Waals surface area contributed by atoms with Gasteiger partial charge in [0.05, 0.1) is 6.42 Å². The van der Waals surface area contributed by atoms with Gasteiger partial charge in [-0.25, -0.2) is 0 Å². The van der Waals surface area contributed by atoms with Gasteiger partial charge in [-0.1, -0.05) is 48.0 Å². The van der Waals surface area contributed by atoms with E-state index in [0.29, 0.717) is 31.0 Å². The second kappa shape index (κ2) is 8.17. The summed E-state index contributed by atoms with van der Waals surface area (Å²) >= 11 is 5.93. The molecule has 1 fully saturated rings. The van der Waals surface area contributed by atoms with Gasteiger partial charge in [0.1, 0.15) is 0 Å². The highest BCUT2D eigenvalue weighted by atomic mass is 35.5. The summed E-state index contributed by atoms with van der Waals surface area (Å²) in [6.07, 6.45) is 1.93. The highest BCUT2D eigenvalue weighted by molar-refractivity contribution is 6.30. The van der Waals surface area contributed by atoms with Crippen LogP contribution in [0.3, 0.4) is 0 Å². The van der Waals surface area contributed by atoms with Gasteiger partial charge in [-0.15, -0.1) is 0 Å². The molecule has 130 valence electrons. The van der Waals surface area contributed by atoms with Crippen molar-refractivity contribution >= 4 is 23.4 Å². The molecule has 0 bridgehead atoms. The van der Waals surface area contributed by atoms with Crippen molar-refractivity contribution in [2.75, 3.05) is 6.54 Å². The van der Waals surface area contributed by atoms with Crippen molar-refractivity contribution < 1.29 is 9.59 Å². The van der Waals surface area contributed by atoms with Crippen LogP contribution in [-0.4, -0.2) is 23.3 Å². The van der Waals surface area contributed by atoms with E-state index in [9.17, 15) is 9.59 Å². The normalized spacial score (nSPS) is 14.0. The number of carbonyl (C=O) groups is 2. The van der Waals surface area contributed by atoms with Gasteiger partial charge < -0.3 is 10.2 Å². The Kier molecular flexibility index (Phi) is 5.71. The van der Waals surface area contributed by atoms with E-state index in [0.717, 1.165) is 29.7 Å². The minimum absolute atomic E-state index is 0.0333. The number of likely N-dealkylation sites (tertiary alicyclic amines) is 1. The lowest BCUT2D eigenvalue weighted by atomic mass is 10.1. The summed E-state index contributed by atoms with van der Waals surface area (Å²) < 4.78 is 0. The van der Waals surface area contributed by atoms with Crippen molar-refractivity contribution in [2.45, 2.75) is 32.4 Å². The fraction of sp³-hybridized carbons (Fsp3) is 0.300. The number of nitrogens with zero attached hydrogens (tertiary/aromatic N) is 1. The Labute approximate surface area is 152 Å². The van der Waals surface area contributed by atoms with Crippen LogP contribution >= 0.6 is 11.6 Å². The maximum Gasteiger partial charge on any atom is 0.224 e. The van der Waals surface area contributed by atoms with Crippen LogP contribution in [0.1, 0.15) is 29.5 Å². The summed E-state index contributed by atoms with van der Waals surface area (Å²) in [5, 5.41) is 3.56. The van der Waals surface area contributed by atoms with Crippen LogP contribution in [0.5, 0.6) is 0 Å². The molecule has 0 aromatic heterocycles. The zero-order valence-electron chi connectivity index (χ0n) is 14.0. The molecule has 2 aromatic carbocycles. The van der Waals surface area contributed by atoms with Crippen molar-refractivity contribution in [3.63, 3.8) is 0 Å². The minimum atomic E-state index is -0.0333. The zero-order valence-corrected chi connectivity index (χ0v) is 14.8. The number of hydrogen-bond donors (Lipinski definition) is 1. The third-order valence-electron chi connectivity index (χ3n) is 4.31. The quantitative estimate of drug-likeness (QED) is 0.863. The van der Waals surface area contributed by atoms with Crippen LogP contribution in [0, 0.1) is 0 Å². The summed E-state index contributed by atoms with van der Waals surface area (Å²) in [4.78, 5) is 25.6. The Bertz CT molecular complexity index is 759. The number of carbonyl (C=O) groups excluding carboxylic acids is 2. The van der Waals surface area contributed by atoms with Crippen LogP contribution in [0.25, 0.3) is 0 Å². The molecule has 0 spiro atoms. The highest BCUT2D eigenvalue weighted by Crippen LogP contribution is 2.15. The average molecular weight is 357 g/mol. The minimum Gasteiger partial charge on any atom is -0.352 e. The van der Waals surface area contributed by atoms with Crippen molar-refractivity contribution in [3.8, 4) is 0 Å². The Balaban J connectivity index is 1.48. The molecular weight excluding hydrogens is 336 g/mol. The third-order valence-corrected chi connectivity index (χ3v) is 4.55. The number of benzene rings is 2. The van der Waals surface area contributed by atoms with Crippen LogP contribution < -0.4 is 5.32 Å². The molecule has 1 N–H and O–H groups in total. The monoisotopic (exact) mass is 356 g/mol. The first kappa shape index (κ1) is 17.5. The smallest absolute Gasteiger partial charge is 0.224 e. The Hall–Kier alpha value is -2.33. The lowest BCUT2D eigenvalue weighted by molar-refractivity contribution is -0.128. The van der Waals surface area contributed by atoms with Crippen molar-refractivity contribution in [1.29, 1.82) is 0 Å². The first-order valence-electron chi connectivity index (χ1n) is 8.47. The molecule has 2 aromatic rings. The summed E-state index contributed by atoms with van der Waals surface area (Å²) in [5.74, 6) is 0.200. The SMILES string of the molecule is O=C(Cc1cccc(Cl)c1)NCc1ccc(CN2CCCC2=O)cc1. The molecule has 0 unspecified atom stereocenters. The molecule has 5 heteroatoms. The van der Waals surface area contributed by atoms with Crippen molar-refractivity contribution in [3.05, 3.63) is 70.2 Å². The van der Waals surface area contributed by atoms with E-state index >= 15 is 0 Å². The first-order valence-corrected chi connectivity index (χ1v) is 8.85. The summed E-state index contributed by atoms with van der Waals surface area (Å²) in [6.45, 7) is 2.00. The van der Waals surface area contributed by atoms with Crippen LogP contribution in [0.4, 0.5) is 0 Å². The van der Waals surface area contributed by atoms with Gasteiger partial charge in [0, 0.05) is 31.1 Å². The molecule has 0 radical (unpaired) electrons. The molecule has 0 saturated carbocycles. The molecule has 1 aliphatic rings. The largest absolute Gasteiger partial charge is 0.352 e. The van der Waals surface area contributed by atoms with Crippen molar-refractivity contribution in [2.24, 2.45) is 0 Å². The maximum atomic E-state index is 12.0. The van der Waals surface area contributed by atoms with E-state index in [1.54, 1.807) is 12.1 Å². The number of amides is 2. The molecule has 4 nitrogen and oxygen atoms in total. The van der Waals surface area contributed by atoms with E-state index in [1.807, 2.05) is 41.3 Å². The van der Waals surface area contributed by atoms with E-state index < -0.39 is 0 Å². The fourth-order valence-corrected chi connectivity index (χ4v) is 3.16. The van der Waals surface area contributed by atoms with E-state index in [-0.39, 0.29) is 11.8 Å². The van der Waals surface area contributed by atoms with Crippen LogP contribution in [-0.2, 0) is 29.1 Å².